The first-order chi connectivity index (χ1) is 9.02. The van der Waals surface area contributed by atoms with Gasteiger partial charge < -0.3 is 20.9 Å². The van der Waals surface area contributed by atoms with Crippen LogP contribution >= 0.6 is 11.6 Å². The van der Waals surface area contributed by atoms with E-state index in [-0.39, 0.29) is 17.9 Å². The van der Waals surface area contributed by atoms with Crippen LogP contribution in [0.2, 0.25) is 5.02 Å². The second kappa shape index (κ2) is 5.67. The van der Waals surface area contributed by atoms with E-state index in [0.29, 0.717) is 10.6 Å². The summed E-state index contributed by atoms with van der Waals surface area (Å²) < 4.78 is 0. The molecule has 1 aromatic carbocycles. The summed E-state index contributed by atoms with van der Waals surface area (Å²) in [5, 5.41) is 21.8. The molecule has 0 aliphatic carbocycles. The Morgan fingerprint density at radius 1 is 1.53 bits per heavy atom. The van der Waals surface area contributed by atoms with Crippen molar-refractivity contribution in [2.75, 3.05) is 18.0 Å². The van der Waals surface area contributed by atoms with Crippen LogP contribution in [0.25, 0.3) is 0 Å². The van der Waals surface area contributed by atoms with Gasteiger partial charge in [0.25, 0.3) is 0 Å². The predicted molar refractivity (Wildman–Crippen MR) is 76.0 cm³/mol. The number of aliphatic hydroxyl groups excluding tert-OH is 1. The lowest BCUT2D eigenvalue weighted by Crippen LogP contribution is -2.41. The number of nitrogens with two attached hydrogens (primary N) is 1. The maximum absolute atomic E-state index is 9.73. The van der Waals surface area contributed by atoms with Crippen LogP contribution in [0, 0.1) is 5.92 Å². The molecular formula is C13H18ClN3O2. The molecule has 0 bridgehead atoms. The minimum atomic E-state index is -0.233. The van der Waals surface area contributed by atoms with Gasteiger partial charge in [0.2, 0.25) is 0 Å². The summed E-state index contributed by atoms with van der Waals surface area (Å²) in [4.78, 5) is 2.18. The van der Waals surface area contributed by atoms with Gasteiger partial charge in [0.05, 0.1) is 11.1 Å². The quantitative estimate of drug-likeness (QED) is 0.333. The second-order valence-corrected chi connectivity index (χ2v) is 5.34. The molecule has 1 heterocycles. The first kappa shape index (κ1) is 14.0. The van der Waals surface area contributed by atoms with Crippen LogP contribution in [0.15, 0.2) is 23.4 Å². The average Bonchev–Trinajstić information content (AvgIpc) is 2.41. The third-order valence-electron chi connectivity index (χ3n) is 3.56. The van der Waals surface area contributed by atoms with Gasteiger partial charge in [-0.3, -0.25) is 0 Å². The molecule has 0 aromatic heterocycles. The molecule has 1 aliphatic rings. The lowest BCUT2D eigenvalue weighted by atomic mass is 9.96. The van der Waals surface area contributed by atoms with E-state index in [2.05, 4.69) is 10.1 Å². The Hall–Kier alpha value is -1.46. The standard InChI is InChI=1S/C13H18ClN3O2/c1-8-7-17(5-4-12(8)18)9-2-3-10(11(14)6-9)13(15)16-19/h2-3,6,8,12,18-19H,4-5,7H2,1H3,(H2,15,16). The number of aliphatic hydroxyl groups is 1. The van der Waals surface area contributed by atoms with Crippen molar-refractivity contribution in [3.63, 3.8) is 0 Å². The molecule has 2 atom stereocenters. The summed E-state index contributed by atoms with van der Waals surface area (Å²) >= 11 is 6.14. The molecule has 2 unspecified atom stereocenters. The van der Waals surface area contributed by atoms with Gasteiger partial charge >= 0.3 is 0 Å². The largest absolute Gasteiger partial charge is 0.409 e. The number of hydrogen-bond donors (Lipinski definition) is 3. The smallest absolute Gasteiger partial charge is 0.171 e. The molecule has 1 saturated heterocycles. The van der Waals surface area contributed by atoms with E-state index in [1.165, 1.54) is 0 Å². The Balaban J connectivity index is 2.21. The minimum Gasteiger partial charge on any atom is -0.409 e. The van der Waals surface area contributed by atoms with E-state index in [9.17, 15) is 5.11 Å². The first-order valence-corrected chi connectivity index (χ1v) is 6.61. The van der Waals surface area contributed by atoms with E-state index < -0.39 is 0 Å². The molecule has 1 fully saturated rings. The van der Waals surface area contributed by atoms with Gasteiger partial charge in [-0.2, -0.15) is 0 Å². The highest BCUT2D eigenvalue weighted by Crippen LogP contribution is 2.27. The fourth-order valence-electron chi connectivity index (χ4n) is 2.33. The summed E-state index contributed by atoms with van der Waals surface area (Å²) in [5.74, 6) is 0.232. The van der Waals surface area contributed by atoms with E-state index in [1.54, 1.807) is 12.1 Å². The van der Waals surface area contributed by atoms with E-state index in [4.69, 9.17) is 22.5 Å². The zero-order valence-corrected chi connectivity index (χ0v) is 11.5. The van der Waals surface area contributed by atoms with Gasteiger partial charge in [0.15, 0.2) is 5.84 Å². The SMILES string of the molecule is CC1CN(c2ccc(/C(N)=N/O)c(Cl)c2)CCC1O. The van der Waals surface area contributed by atoms with E-state index in [0.717, 1.165) is 25.2 Å². The average molecular weight is 284 g/mol. The van der Waals surface area contributed by atoms with Crippen molar-refractivity contribution in [1.29, 1.82) is 0 Å². The van der Waals surface area contributed by atoms with Gasteiger partial charge in [-0.15, -0.1) is 0 Å². The highest BCUT2D eigenvalue weighted by atomic mass is 35.5. The monoisotopic (exact) mass is 283 g/mol. The Labute approximate surface area is 117 Å². The second-order valence-electron chi connectivity index (χ2n) is 4.93. The lowest BCUT2D eigenvalue weighted by molar-refractivity contribution is 0.0971. The fraction of sp³-hybridized carbons (Fsp3) is 0.462. The molecule has 0 radical (unpaired) electrons. The molecule has 19 heavy (non-hydrogen) atoms. The molecular weight excluding hydrogens is 266 g/mol. The Bertz CT molecular complexity index is 493. The molecule has 0 amide bonds. The van der Waals surface area contributed by atoms with Gasteiger partial charge in [0.1, 0.15) is 0 Å². The van der Waals surface area contributed by atoms with Crippen LogP contribution in [0.4, 0.5) is 5.69 Å². The third-order valence-corrected chi connectivity index (χ3v) is 3.87. The molecule has 0 saturated carbocycles. The Kier molecular flexibility index (Phi) is 4.17. The molecule has 104 valence electrons. The van der Waals surface area contributed by atoms with Gasteiger partial charge in [-0.05, 0) is 30.5 Å². The van der Waals surface area contributed by atoms with Gasteiger partial charge in [-0.25, -0.2) is 0 Å². The number of halogens is 1. The topological polar surface area (TPSA) is 82.1 Å². The molecule has 0 spiro atoms. The van der Waals surface area contributed by atoms with Crippen molar-refractivity contribution in [3.05, 3.63) is 28.8 Å². The lowest BCUT2D eigenvalue weighted by Gasteiger charge is -2.36. The van der Waals surface area contributed by atoms with Crippen molar-refractivity contribution in [2.24, 2.45) is 16.8 Å². The maximum atomic E-state index is 9.73. The minimum absolute atomic E-state index is 0.000940. The van der Waals surface area contributed by atoms with Crippen molar-refractivity contribution in [1.82, 2.24) is 0 Å². The maximum Gasteiger partial charge on any atom is 0.171 e. The molecule has 6 heteroatoms. The number of benzene rings is 1. The summed E-state index contributed by atoms with van der Waals surface area (Å²) in [6.07, 6.45) is 0.518. The zero-order valence-electron chi connectivity index (χ0n) is 10.8. The molecule has 1 aliphatic heterocycles. The zero-order chi connectivity index (χ0) is 14.0. The number of hydrogen-bond acceptors (Lipinski definition) is 4. The number of oxime groups is 1. The van der Waals surface area contributed by atoms with Crippen LogP contribution in [-0.2, 0) is 0 Å². The summed E-state index contributed by atoms with van der Waals surface area (Å²) in [6.45, 7) is 3.62. The molecule has 1 aromatic rings. The molecule has 2 rings (SSSR count). The summed E-state index contributed by atoms with van der Waals surface area (Å²) in [6, 6.07) is 5.44. The molecule has 4 N–H and O–H groups in total. The van der Waals surface area contributed by atoms with Crippen molar-refractivity contribution < 1.29 is 10.3 Å². The third kappa shape index (κ3) is 2.93. The Morgan fingerprint density at radius 2 is 2.26 bits per heavy atom. The number of amidine groups is 1. The van der Waals surface area contributed by atoms with Crippen molar-refractivity contribution in [3.8, 4) is 0 Å². The predicted octanol–water partition coefficient (Wildman–Crippen LogP) is 1.64. The molecule has 5 nitrogen and oxygen atoms in total. The number of nitrogens with zero attached hydrogens (tertiary/aromatic N) is 2. The van der Waals surface area contributed by atoms with E-state index in [1.807, 2.05) is 13.0 Å². The van der Waals surface area contributed by atoms with Gasteiger partial charge in [-0.1, -0.05) is 23.7 Å². The van der Waals surface area contributed by atoms with Crippen LogP contribution in [0.5, 0.6) is 0 Å². The van der Waals surface area contributed by atoms with Crippen molar-refractivity contribution in [2.45, 2.75) is 19.4 Å². The normalized spacial score (nSPS) is 24.6. The highest BCUT2D eigenvalue weighted by molar-refractivity contribution is 6.34. The number of rotatable bonds is 2. The van der Waals surface area contributed by atoms with Crippen LogP contribution in [-0.4, -0.2) is 35.3 Å². The van der Waals surface area contributed by atoms with Crippen molar-refractivity contribution >= 4 is 23.1 Å². The summed E-state index contributed by atoms with van der Waals surface area (Å²) in [7, 11) is 0. The van der Waals surface area contributed by atoms with E-state index >= 15 is 0 Å². The Morgan fingerprint density at radius 3 is 2.84 bits per heavy atom. The first-order valence-electron chi connectivity index (χ1n) is 6.23. The summed E-state index contributed by atoms with van der Waals surface area (Å²) in [5.41, 5.74) is 7.03. The highest BCUT2D eigenvalue weighted by Gasteiger charge is 2.24. The fourth-order valence-corrected chi connectivity index (χ4v) is 2.60. The van der Waals surface area contributed by atoms with Crippen LogP contribution in [0.3, 0.4) is 0 Å². The van der Waals surface area contributed by atoms with Crippen LogP contribution < -0.4 is 10.6 Å². The number of anilines is 1. The van der Waals surface area contributed by atoms with Crippen LogP contribution in [0.1, 0.15) is 18.9 Å². The number of piperidine rings is 1. The van der Waals surface area contributed by atoms with Gasteiger partial charge in [0, 0.05) is 24.3 Å².